The molecule has 0 nitrogen and oxygen atoms in total. The minimum Gasteiger partial charge on any atom is -0.0837 e. The van der Waals surface area contributed by atoms with Gasteiger partial charge in [-0.2, -0.15) is 0 Å². The van der Waals surface area contributed by atoms with Crippen LogP contribution in [-0.2, 0) is 5.41 Å². The summed E-state index contributed by atoms with van der Waals surface area (Å²) in [5.74, 6) is 2.13. The van der Waals surface area contributed by atoms with Gasteiger partial charge in [-0.05, 0) is 59.8 Å². The maximum absolute atomic E-state index is 6.66. The van der Waals surface area contributed by atoms with Crippen molar-refractivity contribution >= 4 is 11.6 Å². The van der Waals surface area contributed by atoms with Crippen LogP contribution in [0.25, 0.3) is 11.1 Å². The fraction of sp³-hybridized carbons (Fsp3) is 0.455. The molecule has 0 aliphatic heterocycles. The Bertz CT molecular complexity index is 745. The van der Waals surface area contributed by atoms with Gasteiger partial charge < -0.3 is 0 Å². The summed E-state index contributed by atoms with van der Waals surface area (Å²) in [6.07, 6.45) is 3.95. The highest BCUT2D eigenvalue weighted by Crippen LogP contribution is 2.63. The lowest BCUT2D eigenvalue weighted by Gasteiger charge is -2.39. The van der Waals surface area contributed by atoms with Gasteiger partial charge in [0.25, 0.3) is 0 Å². The van der Waals surface area contributed by atoms with E-state index in [-0.39, 0.29) is 5.41 Å². The van der Waals surface area contributed by atoms with Crippen LogP contribution in [0.2, 0.25) is 5.02 Å². The molecule has 23 heavy (non-hydrogen) atoms. The number of rotatable bonds is 2. The molecule has 2 aromatic rings. The first-order chi connectivity index (χ1) is 11.1. The molecule has 0 saturated heterocycles. The molecule has 0 N–H and O–H groups in total. The average Bonchev–Trinajstić information content (AvgIpc) is 3.00. The first-order valence-corrected chi connectivity index (χ1v) is 9.33. The van der Waals surface area contributed by atoms with Gasteiger partial charge in [0.05, 0.1) is 0 Å². The number of hydrogen-bond acceptors (Lipinski definition) is 0. The Morgan fingerprint density at radius 3 is 2.57 bits per heavy atom. The second-order valence-electron chi connectivity index (χ2n) is 7.88. The van der Waals surface area contributed by atoms with Gasteiger partial charge in [-0.3, -0.25) is 0 Å². The van der Waals surface area contributed by atoms with Gasteiger partial charge in [0.2, 0.25) is 0 Å². The van der Waals surface area contributed by atoms with Crippen LogP contribution in [0.3, 0.4) is 0 Å². The summed E-state index contributed by atoms with van der Waals surface area (Å²) in [6.45, 7) is 7.17. The summed E-state index contributed by atoms with van der Waals surface area (Å²) in [6, 6.07) is 15.5. The molecule has 2 aromatic carbocycles. The number of benzene rings is 2. The van der Waals surface area contributed by atoms with Crippen molar-refractivity contribution in [2.24, 2.45) is 17.8 Å². The van der Waals surface area contributed by atoms with Crippen molar-refractivity contribution in [1.82, 2.24) is 0 Å². The number of fused-ring (bicyclic) bond motifs is 5. The van der Waals surface area contributed by atoms with Gasteiger partial charge in [-0.1, -0.05) is 68.8 Å². The molecule has 4 rings (SSSR count). The quantitative estimate of drug-likeness (QED) is 0.576. The van der Waals surface area contributed by atoms with E-state index in [9.17, 15) is 0 Å². The highest BCUT2D eigenvalue weighted by atomic mass is 35.5. The second-order valence-corrected chi connectivity index (χ2v) is 8.29. The molecule has 2 aliphatic rings. The third kappa shape index (κ3) is 1.97. The van der Waals surface area contributed by atoms with Crippen molar-refractivity contribution in [1.29, 1.82) is 0 Å². The van der Waals surface area contributed by atoms with Crippen molar-refractivity contribution in [3.8, 4) is 11.1 Å². The highest BCUT2D eigenvalue weighted by Gasteiger charge is 2.55. The van der Waals surface area contributed by atoms with Crippen LogP contribution >= 0.6 is 11.6 Å². The van der Waals surface area contributed by atoms with Crippen molar-refractivity contribution in [3.63, 3.8) is 0 Å². The van der Waals surface area contributed by atoms with E-state index in [2.05, 4.69) is 57.2 Å². The minimum absolute atomic E-state index is 0.168. The molecule has 1 spiro atoms. The highest BCUT2D eigenvalue weighted by molar-refractivity contribution is 6.33. The molecule has 2 aliphatic carbocycles. The zero-order chi connectivity index (χ0) is 16.2. The van der Waals surface area contributed by atoms with Gasteiger partial charge in [0.1, 0.15) is 0 Å². The lowest BCUT2D eigenvalue weighted by molar-refractivity contribution is 0.278. The molecule has 0 bridgehead atoms. The van der Waals surface area contributed by atoms with Crippen LogP contribution in [0.1, 0.15) is 51.2 Å². The normalized spacial score (nSPS) is 28.4. The largest absolute Gasteiger partial charge is 0.0837 e. The summed E-state index contributed by atoms with van der Waals surface area (Å²) < 4.78 is 0. The van der Waals surface area contributed by atoms with E-state index in [1.165, 1.54) is 41.5 Å². The molecule has 0 aromatic heterocycles. The first-order valence-electron chi connectivity index (χ1n) is 8.95. The molecular formula is C22H25Cl. The monoisotopic (exact) mass is 324 g/mol. The molecule has 1 saturated carbocycles. The van der Waals surface area contributed by atoms with Crippen LogP contribution in [0.4, 0.5) is 0 Å². The van der Waals surface area contributed by atoms with Crippen LogP contribution in [0.15, 0.2) is 42.5 Å². The predicted octanol–water partition coefficient (Wildman–Crippen LogP) is 6.70. The first kappa shape index (κ1) is 15.3. The van der Waals surface area contributed by atoms with Crippen molar-refractivity contribution in [2.45, 2.75) is 45.4 Å². The van der Waals surface area contributed by atoms with E-state index in [4.69, 9.17) is 11.6 Å². The molecular weight excluding hydrogens is 300 g/mol. The molecule has 120 valence electrons. The fourth-order valence-corrected chi connectivity index (χ4v) is 5.78. The molecule has 3 atom stereocenters. The predicted molar refractivity (Wildman–Crippen MR) is 99.0 cm³/mol. The van der Waals surface area contributed by atoms with E-state index in [1.807, 2.05) is 6.07 Å². The Labute approximate surface area is 144 Å². The van der Waals surface area contributed by atoms with Crippen molar-refractivity contribution in [3.05, 3.63) is 58.6 Å². The molecule has 0 heterocycles. The summed E-state index contributed by atoms with van der Waals surface area (Å²) in [7, 11) is 0. The van der Waals surface area contributed by atoms with E-state index in [0.717, 1.165) is 16.9 Å². The van der Waals surface area contributed by atoms with Gasteiger partial charge in [-0.25, -0.2) is 0 Å². The van der Waals surface area contributed by atoms with E-state index >= 15 is 0 Å². The third-order valence-electron chi connectivity index (χ3n) is 6.23. The van der Waals surface area contributed by atoms with E-state index < -0.39 is 0 Å². The van der Waals surface area contributed by atoms with Crippen LogP contribution in [0.5, 0.6) is 0 Å². The standard InChI is InChI=1S/C22H25Cl/c1-14(2)13-16-12-11-15(3)22(16)18-8-5-4-7-17(18)21-19(22)9-6-10-20(21)23/h4-10,14-16H,11-13H2,1-3H3. The van der Waals surface area contributed by atoms with Crippen LogP contribution < -0.4 is 0 Å². The van der Waals surface area contributed by atoms with Crippen LogP contribution in [0, 0.1) is 17.8 Å². The SMILES string of the molecule is CC(C)CC1CCC(C)C12c1ccccc1-c1c(Cl)cccc12. The zero-order valence-corrected chi connectivity index (χ0v) is 15.0. The molecule has 0 radical (unpaired) electrons. The fourth-order valence-electron chi connectivity index (χ4n) is 5.50. The minimum atomic E-state index is 0.168. The van der Waals surface area contributed by atoms with Gasteiger partial charge in [0.15, 0.2) is 0 Å². The third-order valence-corrected chi connectivity index (χ3v) is 6.54. The Hall–Kier alpha value is -1.27. The maximum atomic E-state index is 6.66. The van der Waals surface area contributed by atoms with Gasteiger partial charge >= 0.3 is 0 Å². The van der Waals surface area contributed by atoms with Gasteiger partial charge in [0, 0.05) is 16.0 Å². The lowest BCUT2D eigenvalue weighted by Crippen LogP contribution is -2.36. The number of halogens is 1. The Balaban J connectivity index is 2.03. The summed E-state index contributed by atoms with van der Waals surface area (Å²) >= 11 is 6.66. The van der Waals surface area contributed by atoms with E-state index in [1.54, 1.807) is 0 Å². The lowest BCUT2D eigenvalue weighted by atomic mass is 9.64. The maximum Gasteiger partial charge on any atom is 0.0487 e. The zero-order valence-electron chi connectivity index (χ0n) is 14.3. The second kappa shape index (κ2) is 5.38. The Kier molecular flexibility index (Phi) is 3.57. The average molecular weight is 325 g/mol. The summed E-state index contributed by atoms with van der Waals surface area (Å²) in [5, 5.41) is 0.911. The van der Waals surface area contributed by atoms with Crippen LogP contribution in [-0.4, -0.2) is 0 Å². The Morgan fingerprint density at radius 1 is 1.04 bits per heavy atom. The molecule has 0 amide bonds. The molecule has 1 heteroatoms. The van der Waals surface area contributed by atoms with E-state index in [0.29, 0.717) is 5.92 Å². The number of hydrogen-bond donors (Lipinski definition) is 0. The molecule has 3 unspecified atom stereocenters. The smallest absolute Gasteiger partial charge is 0.0487 e. The Morgan fingerprint density at radius 2 is 1.78 bits per heavy atom. The van der Waals surface area contributed by atoms with Crippen molar-refractivity contribution < 1.29 is 0 Å². The topological polar surface area (TPSA) is 0 Å². The van der Waals surface area contributed by atoms with Crippen molar-refractivity contribution in [2.75, 3.05) is 0 Å². The molecule has 1 fully saturated rings. The van der Waals surface area contributed by atoms with Gasteiger partial charge in [-0.15, -0.1) is 0 Å². The summed E-state index contributed by atoms with van der Waals surface area (Å²) in [4.78, 5) is 0. The summed E-state index contributed by atoms with van der Waals surface area (Å²) in [5.41, 5.74) is 5.85.